The molecule has 0 unspecified atom stereocenters. The molecular weight excluding hydrogens is 576 g/mol. The van der Waals surface area contributed by atoms with Crippen LogP contribution in [0.25, 0.3) is 10.9 Å². The van der Waals surface area contributed by atoms with Crippen molar-refractivity contribution < 1.29 is 19.2 Å². The lowest BCUT2D eigenvalue weighted by Crippen LogP contribution is -2.23. The second-order valence-corrected chi connectivity index (χ2v) is 9.05. The molecule has 0 aliphatic heterocycles. The van der Waals surface area contributed by atoms with E-state index in [9.17, 15) is 19.7 Å². The average molecular weight is 596 g/mol. The number of aromatic nitrogens is 2. The highest BCUT2D eigenvalue weighted by atomic mass is 79.9. The smallest absolute Gasteiger partial charge is 0.343 e. The standard InChI is InChI=1S/C22H20Br2N4O6/c1-4-12(2)21-26-17-6-5-14(23)9-15(17)22(30)27(21)25-10-13-7-16(24)20(18(8-13)28(31)32)34-11-19(29)33-3/h5-10,12H,4,11H2,1-3H3/t12-/m0/s1. The van der Waals surface area contributed by atoms with Crippen LogP contribution in [-0.4, -0.2) is 40.5 Å². The van der Waals surface area contributed by atoms with Crippen LogP contribution in [0, 0.1) is 10.1 Å². The molecule has 0 saturated carbocycles. The summed E-state index contributed by atoms with van der Waals surface area (Å²) in [6, 6.07) is 8.01. The van der Waals surface area contributed by atoms with Gasteiger partial charge in [0.15, 0.2) is 6.61 Å². The largest absolute Gasteiger partial charge is 0.474 e. The molecule has 178 valence electrons. The fourth-order valence-electron chi connectivity index (χ4n) is 3.05. The van der Waals surface area contributed by atoms with Crippen molar-refractivity contribution in [3.63, 3.8) is 0 Å². The third-order valence-electron chi connectivity index (χ3n) is 5.01. The minimum Gasteiger partial charge on any atom is -0.474 e. The van der Waals surface area contributed by atoms with Crippen LogP contribution in [0.3, 0.4) is 0 Å². The quantitative estimate of drug-likeness (QED) is 0.159. The van der Waals surface area contributed by atoms with E-state index in [-0.39, 0.29) is 27.4 Å². The second-order valence-electron chi connectivity index (χ2n) is 7.28. The molecular formula is C22H20Br2N4O6. The number of methoxy groups -OCH3 is 1. The molecule has 0 spiro atoms. The van der Waals surface area contributed by atoms with Gasteiger partial charge in [0.05, 0.1) is 33.6 Å². The summed E-state index contributed by atoms with van der Waals surface area (Å²) >= 11 is 6.61. The summed E-state index contributed by atoms with van der Waals surface area (Å²) < 4.78 is 11.9. The van der Waals surface area contributed by atoms with Crippen LogP contribution in [0.2, 0.25) is 0 Å². The average Bonchev–Trinajstić information content (AvgIpc) is 2.81. The van der Waals surface area contributed by atoms with Crippen LogP contribution >= 0.6 is 31.9 Å². The highest BCUT2D eigenvalue weighted by Crippen LogP contribution is 2.36. The third kappa shape index (κ3) is 5.50. The van der Waals surface area contributed by atoms with Gasteiger partial charge in [-0.2, -0.15) is 9.78 Å². The molecule has 0 radical (unpaired) electrons. The molecule has 0 amide bonds. The molecule has 3 aromatic rings. The Bertz CT molecular complexity index is 1360. The Labute approximate surface area is 211 Å². The minimum atomic E-state index is -0.681. The van der Waals surface area contributed by atoms with Gasteiger partial charge in [-0.1, -0.05) is 29.8 Å². The van der Waals surface area contributed by atoms with Crippen LogP contribution in [0.15, 0.2) is 49.2 Å². The zero-order valence-electron chi connectivity index (χ0n) is 18.4. The highest BCUT2D eigenvalue weighted by molar-refractivity contribution is 9.10. The normalized spacial score (nSPS) is 12.1. The Hall–Kier alpha value is -3.12. The number of esters is 1. The number of hydrogen-bond acceptors (Lipinski definition) is 8. The lowest BCUT2D eigenvalue weighted by atomic mass is 10.1. The minimum absolute atomic E-state index is 0.0620. The molecule has 0 aliphatic rings. The Balaban J connectivity index is 2.10. The molecule has 0 N–H and O–H groups in total. The first-order valence-corrected chi connectivity index (χ1v) is 11.7. The summed E-state index contributed by atoms with van der Waals surface area (Å²) in [5.41, 5.74) is 0.153. The van der Waals surface area contributed by atoms with Crippen molar-refractivity contribution in [2.75, 3.05) is 13.7 Å². The molecule has 0 saturated heterocycles. The van der Waals surface area contributed by atoms with Crippen LogP contribution in [-0.2, 0) is 9.53 Å². The summed E-state index contributed by atoms with van der Waals surface area (Å²) in [5, 5.41) is 16.3. The van der Waals surface area contributed by atoms with Gasteiger partial charge in [-0.15, -0.1) is 0 Å². The van der Waals surface area contributed by atoms with Gasteiger partial charge in [-0.3, -0.25) is 14.9 Å². The van der Waals surface area contributed by atoms with E-state index < -0.39 is 17.5 Å². The predicted octanol–water partition coefficient (Wildman–Crippen LogP) is 4.78. The number of benzene rings is 2. The molecule has 1 heterocycles. The summed E-state index contributed by atoms with van der Waals surface area (Å²) in [7, 11) is 1.19. The van der Waals surface area contributed by atoms with Crippen LogP contribution in [0.1, 0.15) is 37.6 Å². The third-order valence-corrected chi connectivity index (χ3v) is 6.10. The zero-order chi connectivity index (χ0) is 25.0. The molecule has 34 heavy (non-hydrogen) atoms. The van der Waals surface area contributed by atoms with Gasteiger partial charge in [0, 0.05) is 22.0 Å². The van der Waals surface area contributed by atoms with Crippen molar-refractivity contribution in [2.24, 2.45) is 5.10 Å². The van der Waals surface area contributed by atoms with E-state index in [1.165, 1.54) is 30.1 Å². The Morgan fingerprint density at radius 1 is 1.32 bits per heavy atom. The Morgan fingerprint density at radius 3 is 2.71 bits per heavy atom. The zero-order valence-corrected chi connectivity index (χ0v) is 21.6. The van der Waals surface area contributed by atoms with E-state index >= 15 is 0 Å². The number of nitrogens with zero attached hydrogens (tertiary/aromatic N) is 4. The lowest BCUT2D eigenvalue weighted by molar-refractivity contribution is -0.385. The van der Waals surface area contributed by atoms with Gasteiger partial charge < -0.3 is 9.47 Å². The van der Waals surface area contributed by atoms with Crippen molar-refractivity contribution >= 4 is 60.6 Å². The monoisotopic (exact) mass is 594 g/mol. The summed E-state index contributed by atoms with van der Waals surface area (Å²) in [4.78, 5) is 40.2. The van der Waals surface area contributed by atoms with Crippen molar-refractivity contribution in [3.05, 3.63) is 71.1 Å². The van der Waals surface area contributed by atoms with E-state index in [0.29, 0.717) is 22.3 Å². The molecule has 12 heteroatoms. The maximum absolute atomic E-state index is 13.2. The van der Waals surface area contributed by atoms with Gasteiger partial charge in [-0.05, 0) is 46.6 Å². The predicted molar refractivity (Wildman–Crippen MR) is 134 cm³/mol. The van der Waals surface area contributed by atoms with E-state index in [2.05, 4.69) is 46.7 Å². The SMILES string of the molecule is CC[C@H](C)c1nc2ccc(Br)cc2c(=O)n1N=Cc1cc(Br)c(OCC(=O)OC)c([N+](=O)[O-])c1. The number of nitro benzene ring substituents is 1. The lowest BCUT2D eigenvalue weighted by Gasteiger charge is -2.14. The molecule has 0 aliphatic carbocycles. The number of carbonyl (C=O) groups is 1. The van der Waals surface area contributed by atoms with Gasteiger partial charge in [0.1, 0.15) is 5.82 Å². The van der Waals surface area contributed by atoms with Gasteiger partial charge >= 0.3 is 11.7 Å². The Kier molecular flexibility index (Phi) is 8.15. The van der Waals surface area contributed by atoms with Crippen molar-refractivity contribution in [1.82, 2.24) is 9.66 Å². The van der Waals surface area contributed by atoms with E-state index in [1.54, 1.807) is 12.1 Å². The van der Waals surface area contributed by atoms with Crippen LogP contribution in [0.4, 0.5) is 5.69 Å². The number of nitro groups is 1. The topological polar surface area (TPSA) is 126 Å². The second kappa shape index (κ2) is 10.9. The maximum atomic E-state index is 13.2. The van der Waals surface area contributed by atoms with Crippen molar-refractivity contribution in [2.45, 2.75) is 26.2 Å². The summed E-state index contributed by atoms with van der Waals surface area (Å²) in [5.74, 6) is -0.389. The summed E-state index contributed by atoms with van der Waals surface area (Å²) in [6.07, 6.45) is 2.06. The molecule has 0 bridgehead atoms. The number of rotatable bonds is 8. The number of ether oxygens (including phenoxy) is 2. The van der Waals surface area contributed by atoms with E-state index in [0.717, 1.165) is 10.9 Å². The van der Waals surface area contributed by atoms with Crippen LogP contribution in [0.5, 0.6) is 5.75 Å². The van der Waals surface area contributed by atoms with Gasteiger partial charge in [0.25, 0.3) is 5.56 Å². The first kappa shape index (κ1) is 25.5. The maximum Gasteiger partial charge on any atom is 0.343 e. The van der Waals surface area contributed by atoms with E-state index in [4.69, 9.17) is 4.74 Å². The van der Waals surface area contributed by atoms with Crippen LogP contribution < -0.4 is 10.3 Å². The van der Waals surface area contributed by atoms with E-state index in [1.807, 2.05) is 19.9 Å². The van der Waals surface area contributed by atoms with Crippen molar-refractivity contribution in [1.29, 1.82) is 0 Å². The molecule has 0 fully saturated rings. The number of fused-ring (bicyclic) bond motifs is 1. The molecule has 10 nitrogen and oxygen atoms in total. The molecule has 1 atom stereocenters. The fraction of sp³-hybridized carbons (Fsp3) is 0.273. The Morgan fingerprint density at radius 2 is 2.06 bits per heavy atom. The molecule has 1 aromatic heterocycles. The first-order valence-electron chi connectivity index (χ1n) is 10.1. The highest BCUT2D eigenvalue weighted by Gasteiger charge is 2.22. The fourth-order valence-corrected chi connectivity index (χ4v) is 3.99. The molecule has 2 aromatic carbocycles. The molecule has 3 rings (SSSR count). The van der Waals surface area contributed by atoms with Gasteiger partial charge in [0.2, 0.25) is 5.75 Å². The van der Waals surface area contributed by atoms with Crippen molar-refractivity contribution in [3.8, 4) is 5.75 Å². The number of halogens is 2. The first-order chi connectivity index (χ1) is 16.2. The van der Waals surface area contributed by atoms with Gasteiger partial charge in [-0.25, -0.2) is 9.78 Å². The summed E-state index contributed by atoms with van der Waals surface area (Å²) in [6.45, 7) is 3.42. The number of carbonyl (C=O) groups excluding carboxylic acids is 1. The number of hydrogen-bond donors (Lipinski definition) is 0.